The Hall–Kier alpha value is -1.60. The quantitative estimate of drug-likeness (QED) is 0.901. The van der Waals surface area contributed by atoms with Crippen molar-refractivity contribution in [2.24, 2.45) is 0 Å². The number of hydrogen-bond acceptors (Lipinski definition) is 3. The Morgan fingerprint density at radius 1 is 1.12 bits per heavy atom. The highest BCUT2D eigenvalue weighted by Gasteiger charge is 2.28. The number of hydrogen-bond donors (Lipinski definition) is 1. The van der Waals surface area contributed by atoms with Gasteiger partial charge in [-0.05, 0) is 44.4 Å². The Bertz CT molecular complexity index is 656. The molecular weight excluding hydrogens is 326 g/mol. The van der Waals surface area contributed by atoms with E-state index < -0.39 is 10.0 Å². The van der Waals surface area contributed by atoms with Gasteiger partial charge in [0.15, 0.2) is 0 Å². The molecule has 6 nitrogen and oxygen atoms in total. The minimum absolute atomic E-state index is 0.0673. The fraction of sp³-hybridized carbons (Fsp3) is 0.588. The second-order valence-electron chi connectivity index (χ2n) is 6.35. The molecule has 0 aromatic heterocycles. The monoisotopic (exact) mass is 353 g/mol. The molecule has 1 saturated heterocycles. The lowest BCUT2D eigenvalue weighted by atomic mass is 10.2. The highest BCUT2D eigenvalue weighted by atomic mass is 32.2. The van der Waals surface area contributed by atoms with Crippen molar-refractivity contribution >= 4 is 16.1 Å². The number of nitrogens with zero attached hydrogens (tertiary/aromatic N) is 2. The SMILES string of the molecule is CCc1ccc(S(=O)(=O)N2CCCN(C(=O)NC(C)C)CC2)cc1. The first-order chi connectivity index (χ1) is 11.3. The molecule has 0 atom stereocenters. The van der Waals surface area contributed by atoms with Crippen LogP contribution in [-0.2, 0) is 16.4 Å². The van der Waals surface area contributed by atoms with Gasteiger partial charge >= 0.3 is 6.03 Å². The Morgan fingerprint density at radius 3 is 2.38 bits per heavy atom. The van der Waals surface area contributed by atoms with Gasteiger partial charge in [-0.15, -0.1) is 0 Å². The zero-order valence-corrected chi connectivity index (χ0v) is 15.5. The van der Waals surface area contributed by atoms with Crippen LogP contribution in [-0.4, -0.2) is 55.9 Å². The van der Waals surface area contributed by atoms with Crippen molar-refractivity contribution in [2.45, 2.75) is 44.6 Å². The number of benzene rings is 1. The lowest BCUT2D eigenvalue weighted by Gasteiger charge is -2.23. The summed E-state index contributed by atoms with van der Waals surface area (Å²) in [5.74, 6) is 0. The van der Waals surface area contributed by atoms with E-state index in [4.69, 9.17) is 0 Å². The van der Waals surface area contributed by atoms with E-state index in [-0.39, 0.29) is 12.1 Å². The maximum Gasteiger partial charge on any atom is 0.317 e. The Morgan fingerprint density at radius 2 is 1.79 bits per heavy atom. The van der Waals surface area contributed by atoms with E-state index in [0.29, 0.717) is 37.5 Å². The first-order valence-electron chi connectivity index (χ1n) is 8.49. The van der Waals surface area contributed by atoms with Gasteiger partial charge in [-0.3, -0.25) is 0 Å². The Kier molecular flexibility index (Phi) is 6.23. The molecule has 1 aromatic carbocycles. The smallest absolute Gasteiger partial charge is 0.317 e. The summed E-state index contributed by atoms with van der Waals surface area (Å²) in [5.41, 5.74) is 1.11. The number of carbonyl (C=O) groups is 1. The number of sulfonamides is 1. The third-order valence-electron chi connectivity index (χ3n) is 4.12. The first-order valence-corrected chi connectivity index (χ1v) is 9.93. The molecule has 1 N–H and O–H groups in total. The number of urea groups is 1. The summed E-state index contributed by atoms with van der Waals surface area (Å²) in [7, 11) is -3.51. The van der Waals surface area contributed by atoms with Gasteiger partial charge in [0.2, 0.25) is 10.0 Å². The predicted octanol–water partition coefficient (Wildman–Crippen LogP) is 2.06. The molecule has 24 heavy (non-hydrogen) atoms. The highest BCUT2D eigenvalue weighted by molar-refractivity contribution is 7.89. The molecule has 0 saturated carbocycles. The normalized spacial score (nSPS) is 16.9. The second kappa shape index (κ2) is 7.98. The van der Waals surface area contributed by atoms with Crippen LogP contribution in [0.1, 0.15) is 32.8 Å². The molecular formula is C17H27N3O3S. The summed E-state index contributed by atoms with van der Waals surface area (Å²) >= 11 is 0. The molecule has 0 unspecified atom stereocenters. The molecule has 1 aliphatic heterocycles. The zero-order valence-electron chi connectivity index (χ0n) is 14.7. The molecule has 2 amide bonds. The third kappa shape index (κ3) is 4.48. The summed E-state index contributed by atoms with van der Waals surface area (Å²) in [5, 5.41) is 2.86. The van der Waals surface area contributed by atoms with E-state index in [9.17, 15) is 13.2 Å². The lowest BCUT2D eigenvalue weighted by molar-refractivity contribution is 0.198. The minimum Gasteiger partial charge on any atom is -0.336 e. The van der Waals surface area contributed by atoms with Crippen molar-refractivity contribution in [2.75, 3.05) is 26.2 Å². The first kappa shape index (κ1) is 18.7. The fourth-order valence-corrected chi connectivity index (χ4v) is 4.19. The van der Waals surface area contributed by atoms with E-state index >= 15 is 0 Å². The van der Waals surface area contributed by atoms with Crippen LogP contribution in [0, 0.1) is 0 Å². The largest absolute Gasteiger partial charge is 0.336 e. The summed E-state index contributed by atoms with van der Waals surface area (Å²) in [6, 6.07) is 6.99. The number of aryl methyl sites for hydroxylation is 1. The van der Waals surface area contributed by atoms with Crippen LogP contribution in [0.2, 0.25) is 0 Å². The van der Waals surface area contributed by atoms with Crippen LogP contribution < -0.4 is 5.32 Å². The van der Waals surface area contributed by atoms with Crippen LogP contribution in [0.3, 0.4) is 0 Å². The molecule has 0 spiro atoms. The van der Waals surface area contributed by atoms with Crippen LogP contribution in [0.15, 0.2) is 29.2 Å². The van der Waals surface area contributed by atoms with Gasteiger partial charge in [0.05, 0.1) is 4.90 Å². The molecule has 0 radical (unpaired) electrons. The minimum atomic E-state index is -3.51. The molecule has 1 aliphatic rings. The van der Waals surface area contributed by atoms with Crippen molar-refractivity contribution in [1.29, 1.82) is 0 Å². The number of nitrogens with one attached hydrogen (secondary N) is 1. The molecule has 7 heteroatoms. The molecule has 1 heterocycles. The summed E-state index contributed by atoms with van der Waals surface area (Å²) in [6.45, 7) is 7.59. The molecule has 0 aliphatic carbocycles. The van der Waals surface area contributed by atoms with Crippen molar-refractivity contribution in [1.82, 2.24) is 14.5 Å². The van der Waals surface area contributed by atoms with E-state index in [1.165, 1.54) is 4.31 Å². The maximum absolute atomic E-state index is 12.8. The van der Waals surface area contributed by atoms with Crippen molar-refractivity contribution in [3.05, 3.63) is 29.8 Å². The number of amides is 2. The Labute approximate surface area is 144 Å². The number of rotatable bonds is 4. The van der Waals surface area contributed by atoms with Gasteiger partial charge in [0.1, 0.15) is 0 Å². The van der Waals surface area contributed by atoms with E-state index in [0.717, 1.165) is 12.0 Å². The highest BCUT2D eigenvalue weighted by Crippen LogP contribution is 2.18. The van der Waals surface area contributed by atoms with Crippen LogP contribution in [0.25, 0.3) is 0 Å². The molecule has 2 rings (SSSR count). The van der Waals surface area contributed by atoms with E-state index in [1.54, 1.807) is 17.0 Å². The summed E-state index contributed by atoms with van der Waals surface area (Å²) in [6.07, 6.45) is 1.52. The lowest BCUT2D eigenvalue weighted by Crippen LogP contribution is -2.44. The summed E-state index contributed by atoms with van der Waals surface area (Å²) < 4.78 is 27.1. The molecule has 0 bridgehead atoms. The van der Waals surface area contributed by atoms with E-state index in [1.807, 2.05) is 32.9 Å². The van der Waals surface area contributed by atoms with Gasteiger partial charge in [-0.1, -0.05) is 19.1 Å². The topological polar surface area (TPSA) is 69.7 Å². The van der Waals surface area contributed by atoms with E-state index in [2.05, 4.69) is 5.32 Å². The number of carbonyl (C=O) groups excluding carboxylic acids is 1. The van der Waals surface area contributed by atoms with Crippen molar-refractivity contribution in [3.63, 3.8) is 0 Å². The van der Waals surface area contributed by atoms with Crippen LogP contribution in [0.4, 0.5) is 4.79 Å². The van der Waals surface area contributed by atoms with Crippen LogP contribution >= 0.6 is 0 Å². The standard InChI is InChI=1S/C17H27N3O3S/c1-4-15-6-8-16(9-7-15)24(22,23)20-11-5-10-19(12-13-20)17(21)18-14(2)3/h6-9,14H,4-5,10-13H2,1-3H3,(H,18,21). The van der Waals surface area contributed by atoms with Crippen molar-refractivity contribution in [3.8, 4) is 0 Å². The van der Waals surface area contributed by atoms with Gasteiger partial charge in [0.25, 0.3) is 0 Å². The van der Waals surface area contributed by atoms with Gasteiger partial charge in [-0.25, -0.2) is 13.2 Å². The van der Waals surface area contributed by atoms with Gasteiger partial charge < -0.3 is 10.2 Å². The van der Waals surface area contributed by atoms with Crippen molar-refractivity contribution < 1.29 is 13.2 Å². The fourth-order valence-electron chi connectivity index (χ4n) is 2.72. The molecule has 1 fully saturated rings. The second-order valence-corrected chi connectivity index (χ2v) is 8.28. The van der Waals surface area contributed by atoms with Gasteiger partial charge in [0, 0.05) is 32.2 Å². The average molecular weight is 353 g/mol. The predicted molar refractivity (Wildman–Crippen MR) is 94.4 cm³/mol. The maximum atomic E-state index is 12.8. The van der Waals surface area contributed by atoms with Crippen LogP contribution in [0.5, 0.6) is 0 Å². The molecule has 134 valence electrons. The zero-order chi connectivity index (χ0) is 17.7. The third-order valence-corrected chi connectivity index (χ3v) is 6.04. The van der Waals surface area contributed by atoms with Gasteiger partial charge in [-0.2, -0.15) is 4.31 Å². The molecule has 1 aromatic rings. The Balaban J connectivity index is 2.07. The summed E-state index contributed by atoms with van der Waals surface area (Å²) in [4.78, 5) is 14.1. The average Bonchev–Trinajstić information content (AvgIpc) is 2.81.